The van der Waals surface area contributed by atoms with Crippen LogP contribution in [0, 0.1) is 0 Å². The molecule has 0 radical (unpaired) electrons. The van der Waals surface area contributed by atoms with E-state index in [4.69, 9.17) is 9.84 Å². The highest BCUT2D eigenvalue weighted by Gasteiger charge is 2.48. The quantitative estimate of drug-likeness (QED) is 0.470. The van der Waals surface area contributed by atoms with Crippen molar-refractivity contribution >= 4 is 40.1 Å². The molecule has 0 fully saturated rings. The van der Waals surface area contributed by atoms with E-state index < -0.39 is 29.4 Å². The Kier molecular flexibility index (Phi) is 5.04. The lowest BCUT2D eigenvalue weighted by molar-refractivity contribution is -0.157. The minimum Gasteiger partial charge on any atom is -0.476 e. The van der Waals surface area contributed by atoms with Crippen LogP contribution in [0.5, 0.6) is 0 Å². The fourth-order valence-corrected chi connectivity index (χ4v) is 3.60. The number of aliphatic carboxylic acids is 1. The fraction of sp³-hybridized carbons (Fsp3) is 0.250. The van der Waals surface area contributed by atoms with E-state index in [0.717, 1.165) is 0 Å². The highest BCUT2D eigenvalue weighted by Crippen LogP contribution is 2.35. The predicted molar refractivity (Wildman–Crippen MR) is 104 cm³/mol. The molecular formula is C20H17F2NO5S. The van der Waals surface area contributed by atoms with Crippen LogP contribution in [0.2, 0.25) is 0 Å². The average molecular weight is 421 g/mol. The minimum absolute atomic E-state index is 0.388. The molecule has 3 aromatic rings. The van der Waals surface area contributed by atoms with Crippen LogP contribution in [0.25, 0.3) is 22.0 Å². The maximum atomic E-state index is 13.6. The number of fused-ring (bicyclic) bond motifs is 1. The van der Waals surface area contributed by atoms with E-state index in [1.807, 2.05) is 0 Å². The van der Waals surface area contributed by atoms with Crippen molar-refractivity contribution < 1.29 is 33.0 Å². The highest BCUT2D eigenvalue weighted by atomic mass is 32.1. The smallest absolute Gasteiger partial charge is 0.419 e. The number of hydrogen-bond donors (Lipinski definition) is 1. The van der Waals surface area contributed by atoms with Gasteiger partial charge in [0.1, 0.15) is 5.60 Å². The molecular weight excluding hydrogens is 404 g/mol. The first-order valence-electron chi connectivity index (χ1n) is 8.50. The van der Waals surface area contributed by atoms with Gasteiger partial charge in [-0.25, -0.2) is 9.59 Å². The van der Waals surface area contributed by atoms with E-state index in [0.29, 0.717) is 33.4 Å². The van der Waals surface area contributed by atoms with Crippen molar-refractivity contribution in [3.8, 4) is 11.1 Å². The first-order valence-corrected chi connectivity index (χ1v) is 9.38. The molecule has 2 heterocycles. The van der Waals surface area contributed by atoms with E-state index in [1.54, 1.807) is 45.0 Å². The third-order valence-corrected chi connectivity index (χ3v) is 4.92. The molecule has 29 heavy (non-hydrogen) atoms. The van der Waals surface area contributed by atoms with E-state index in [1.165, 1.54) is 22.2 Å². The molecule has 3 rings (SSSR count). The first-order chi connectivity index (χ1) is 13.4. The summed E-state index contributed by atoms with van der Waals surface area (Å²) in [5.74, 6) is -8.79. The summed E-state index contributed by atoms with van der Waals surface area (Å²) in [4.78, 5) is 34.7. The average Bonchev–Trinajstić information content (AvgIpc) is 3.24. The molecule has 6 nitrogen and oxygen atoms in total. The molecule has 0 aliphatic rings. The molecule has 0 aliphatic heterocycles. The second kappa shape index (κ2) is 7.07. The lowest BCUT2D eigenvalue weighted by atomic mass is 10.1. The molecule has 0 saturated heterocycles. The van der Waals surface area contributed by atoms with Gasteiger partial charge in [0, 0.05) is 17.1 Å². The number of ether oxygens (including phenoxy) is 1. The van der Waals surface area contributed by atoms with Crippen LogP contribution in [0.3, 0.4) is 0 Å². The van der Waals surface area contributed by atoms with E-state index >= 15 is 0 Å². The summed E-state index contributed by atoms with van der Waals surface area (Å²) in [6.07, 6.45) is 0.897. The van der Waals surface area contributed by atoms with Gasteiger partial charge in [-0.15, -0.1) is 11.3 Å². The number of carbonyl (C=O) groups excluding carboxylic acids is 2. The number of hydrogen-bond acceptors (Lipinski definition) is 5. The van der Waals surface area contributed by atoms with Gasteiger partial charge in [0.15, 0.2) is 0 Å². The number of benzene rings is 1. The number of halogens is 2. The monoisotopic (exact) mass is 421 g/mol. The highest BCUT2D eigenvalue weighted by molar-refractivity contribution is 7.12. The number of alkyl halides is 2. The Morgan fingerprint density at radius 3 is 2.41 bits per heavy atom. The summed E-state index contributed by atoms with van der Waals surface area (Å²) in [5.41, 5.74) is 0.776. The summed E-state index contributed by atoms with van der Waals surface area (Å²) < 4.78 is 33.8. The van der Waals surface area contributed by atoms with Gasteiger partial charge in [-0.2, -0.15) is 8.78 Å². The molecule has 152 valence electrons. The van der Waals surface area contributed by atoms with E-state index in [9.17, 15) is 23.2 Å². The van der Waals surface area contributed by atoms with Crippen LogP contribution in [0.4, 0.5) is 13.6 Å². The maximum absolute atomic E-state index is 13.6. The van der Waals surface area contributed by atoms with Crippen LogP contribution in [-0.2, 0) is 9.53 Å². The number of Topliss-reactive ketones (excluding diaryl/α,β-unsaturated/α-hetero) is 1. The number of ketones is 1. The molecule has 0 atom stereocenters. The van der Waals surface area contributed by atoms with Crippen molar-refractivity contribution in [2.75, 3.05) is 0 Å². The SMILES string of the molecule is CC(C)(C)OC(=O)n1cc(-c2csc(C(=O)C(F)(F)C(=O)O)c2)c2ccccc21. The molecule has 9 heteroatoms. The number of para-hydroxylation sites is 1. The fourth-order valence-electron chi connectivity index (χ4n) is 2.72. The summed E-state index contributed by atoms with van der Waals surface area (Å²) in [6, 6.07) is 8.15. The third kappa shape index (κ3) is 3.91. The van der Waals surface area contributed by atoms with Crippen molar-refractivity contribution in [3.05, 3.63) is 46.8 Å². The van der Waals surface area contributed by atoms with Gasteiger partial charge >= 0.3 is 18.0 Å². The second-order valence-electron chi connectivity index (χ2n) is 7.32. The van der Waals surface area contributed by atoms with Gasteiger partial charge in [0.25, 0.3) is 5.78 Å². The molecule has 0 unspecified atom stereocenters. The molecule has 1 aromatic carbocycles. The van der Waals surface area contributed by atoms with Crippen molar-refractivity contribution in [1.29, 1.82) is 0 Å². The Labute approximate surface area is 168 Å². The lowest BCUT2D eigenvalue weighted by Crippen LogP contribution is -2.37. The van der Waals surface area contributed by atoms with Crippen LogP contribution in [0.15, 0.2) is 41.9 Å². The molecule has 0 saturated carbocycles. The molecule has 2 aromatic heterocycles. The van der Waals surface area contributed by atoms with Crippen LogP contribution in [0.1, 0.15) is 30.4 Å². The number of carboxylic acid groups (broad SMARTS) is 1. The van der Waals surface area contributed by atoms with E-state index in [-0.39, 0.29) is 4.88 Å². The topological polar surface area (TPSA) is 85.6 Å². The normalized spacial score (nSPS) is 12.2. The molecule has 0 bridgehead atoms. The van der Waals surface area contributed by atoms with Gasteiger partial charge < -0.3 is 9.84 Å². The van der Waals surface area contributed by atoms with Gasteiger partial charge in [-0.3, -0.25) is 9.36 Å². The number of aromatic nitrogens is 1. The maximum Gasteiger partial charge on any atom is 0.419 e. The largest absolute Gasteiger partial charge is 0.476 e. The summed E-state index contributed by atoms with van der Waals surface area (Å²) >= 11 is 0.715. The first kappa shape index (κ1) is 20.7. The Bertz CT molecular complexity index is 1120. The summed E-state index contributed by atoms with van der Waals surface area (Å²) in [5, 5.41) is 10.7. The zero-order valence-corrected chi connectivity index (χ0v) is 16.5. The predicted octanol–water partition coefficient (Wildman–Crippen LogP) is 5.06. The van der Waals surface area contributed by atoms with Gasteiger partial charge in [0.05, 0.1) is 10.4 Å². The number of carbonyl (C=O) groups is 3. The zero-order chi connectivity index (χ0) is 21.6. The van der Waals surface area contributed by atoms with Gasteiger partial charge in [-0.05, 0) is 43.8 Å². The zero-order valence-electron chi connectivity index (χ0n) is 15.7. The molecule has 0 spiro atoms. The third-order valence-electron chi connectivity index (χ3n) is 3.99. The van der Waals surface area contributed by atoms with Crippen LogP contribution >= 0.6 is 11.3 Å². The molecule has 0 amide bonds. The Balaban J connectivity index is 2.06. The molecule has 1 N–H and O–H groups in total. The minimum atomic E-state index is -4.51. The number of rotatable bonds is 4. The lowest BCUT2D eigenvalue weighted by Gasteiger charge is -2.19. The van der Waals surface area contributed by atoms with Crippen LogP contribution < -0.4 is 0 Å². The van der Waals surface area contributed by atoms with Crippen LogP contribution in [-0.4, -0.2) is 39.0 Å². The van der Waals surface area contributed by atoms with E-state index in [2.05, 4.69) is 0 Å². The summed E-state index contributed by atoms with van der Waals surface area (Å²) in [7, 11) is 0. The number of carboxylic acids is 1. The van der Waals surface area contributed by atoms with Gasteiger partial charge in [-0.1, -0.05) is 18.2 Å². The summed E-state index contributed by atoms with van der Waals surface area (Å²) in [6.45, 7) is 5.20. The number of thiophene rings is 1. The Morgan fingerprint density at radius 2 is 1.79 bits per heavy atom. The second-order valence-corrected chi connectivity index (χ2v) is 8.23. The molecule has 0 aliphatic carbocycles. The van der Waals surface area contributed by atoms with Gasteiger partial charge in [0.2, 0.25) is 0 Å². The van der Waals surface area contributed by atoms with Crippen molar-refractivity contribution in [2.45, 2.75) is 32.3 Å². The Morgan fingerprint density at radius 1 is 1.14 bits per heavy atom. The van der Waals surface area contributed by atoms with Crippen molar-refractivity contribution in [1.82, 2.24) is 4.57 Å². The Hall–Kier alpha value is -3.07. The van der Waals surface area contributed by atoms with Crippen molar-refractivity contribution in [2.24, 2.45) is 0 Å². The number of nitrogens with zero attached hydrogens (tertiary/aromatic N) is 1. The standard InChI is InChI=1S/C20H17F2NO5S/c1-19(2,3)28-18(27)23-9-13(12-6-4-5-7-14(12)23)11-8-15(29-10-11)16(24)20(21,22)17(25)26/h4-10H,1-3H3,(H,25,26). The van der Waals surface area contributed by atoms with Crippen molar-refractivity contribution in [3.63, 3.8) is 0 Å².